The van der Waals surface area contributed by atoms with Crippen molar-refractivity contribution < 1.29 is 41.8 Å². The van der Waals surface area contributed by atoms with Gasteiger partial charge >= 0.3 is 11.9 Å². The number of alkyl halides is 3. The van der Waals surface area contributed by atoms with Gasteiger partial charge < -0.3 is 18.9 Å². The standard InChI is InChI=1S/C25H21ClF3N3O7/c1-4-38-22-10-14(13-30-31-24(33)15-5-7-20(36-2)21(11-15)37-3)9-17(26)23(22)39-19-8-6-16(25(27,28)29)12-18(19)32(34)35/h5-13H,4H2,1-3H3,(H,31,33)/b30-13+. The summed E-state index contributed by atoms with van der Waals surface area (Å²) in [6, 6.07) is 9.18. The predicted octanol–water partition coefficient (Wildman–Crippen LogP) is 6.24. The van der Waals surface area contributed by atoms with Gasteiger partial charge in [-0.2, -0.15) is 18.3 Å². The number of nitro benzene ring substituents is 1. The number of hydrazone groups is 1. The lowest BCUT2D eigenvalue weighted by molar-refractivity contribution is -0.385. The molecule has 0 aliphatic heterocycles. The van der Waals surface area contributed by atoms with Crippen molar-refractivity contribution in [2.45, 2.75) is 13.1 Å². The minimum Gasteiger partial charge on any atom is -0.493 e. The molecule has 0 heterocycles. The fourth-order valence-electron chi connectivity index (χ4n) is 3.26. The minimum atomic E-state index is -4.78. The third kappa shape index (κ3) is 7.08. The molecule has 0 aliphatic rings. The van der Waals surface area contributed by atoms with Gasteiger partial charge in [0.2, 0.25) is 5.75 Å². The van der Waals surface area contributed by atoms with Gasteiger partial charge in [-0.05, 0) is 55.0 Å². The van der Waals surface area contributed by atoms with Crippen molar-refractivity contribution in [1.29, 1.82) is 0 Å². The van der Waals surface area contributed by atoms with E-state index in [0.29, 0.717) is 29.2 Å². The van der Waals surface area contributed by atoms with Crippen LogP contribution >= 0.6 is 11.6 Å². The summed E-state index contributed by atoms with van der Waals surface area (Å²) in [6.45, 7) is 1.79. The number of nitrogens with zero attached hydrogens (tertiary/aromatic N) is 2. The normalized spacial score (nSPS) is 11.3. The van der Waals surface area contributed by atoms with E-state index in [1.165, 1.54) is 44.7 Å². The molecule has 1 amide bonds. The summed E-state index contributed by atoms with van der Waals surface area (Å²) in [7, 11) is 2.89. The molecular weight excluding hydrogens is 547 g/mol. The number of nitro groups is 1. The van der Waals surface area contributed by atoms with E-state index in [1.54, 1.807) is 13.0 Å². The summed E-state index contributed by atoms with van der Waals surface area (Å²) < 4.78 is 60.4. The number of nitrogens with one attached hydrogen (secondary N) is 1. The van der Waals surface area contributed by atoms with Crippen LogP contribution in [0.3, 0.4) is 0 Å². The van der Waals surface area contributed by atoms with Crippen LogP contribution in [0.5, 0.6) is 28.7 Å². The maximum Gasteiger partial charge on any atom is 0.416 e. The topological polar surface area (TPSA) is 122 Å². The third-order valence-electron chi connectivity index (χ3n) is 5.05. The van der Waals surface area contributed by atoms with Gasteiger partial charge in [0.15, 0.2) is 23.0 Å². The largest absolute Gasteiger partial charge is 0.493 e. The Morgan fingerprint density at radius 3 is 2.36 bits per heavy atom. The van der Waals surface area contributed by atoms with E-state index in [0.717, 1.165) is 6.07 Å². The Balaban J connectivity index is 1.86. The van der Waals surface area contributed by atoms with Crippen molar-refractivity contribution in [3.8, 4) is 28.7 Å². The van der Waals surface area contributed by atoms with Crippen molar-refractivity contribution in [3.05, 3.63) is 80.4 Å². The summed E-state index contributed by atoms with van der Waals surface area (Å²) in [5.74, 6) is -0.345. The second-order valence-electron chi connectivity index (χ2n) is 7.57. The van der Waals surface area contributed by atoms with Gasteiger partial charge in [0.25, 0.3) is 5.91 Å². The maximum absolute atomic E-state index is 13.0. The second-order valence-corrected chi connectivity index (χ2v) is 7.98. The molecule has 3 aromatic rings. The summed E-state index contributed by atoms with van der Waals surface area (Å²) in [6.07, 6.45) is -3.52. The van der Waals surface area contributed by atoms with Crippen LogP contribution in [0.2, 0.25) is 5.02 Å². The average molecular weight is 568 g/mol. The molecular formula is C25H21ClF3N3O7. The number of amides is 1. The van der Waals surface area contributed by atoms with Gasteiger partial charge in [-0.3, -0.25) is 14.9 Å². The number of halogens is 4. The van der Waals surface area contributed by atoms with Crippen LogP contribution in [-0.2, 0) is 6.18 Å². The molecule has 3 rings (SSSR count). The molecule has 0 saturated heterocycles. The van der Waals surface area contributed by atoms with Crippen LogP contribution in [0.15, 0.2) is 53.6 Å². The Morgan fingerprint density at radius 1 is 1.05 bits per heavy atom. The first-order valence-corrected chi connectivity index (χ1v) is 11.4. The number of rotatable bonds is 10. The first-order valence-electron chi connectivity index (χ1n) is 11.0. The zero-order valence-corrected chi connectivity index (χ0v) is 21.4. The fourth-order valence-corrected chi connectivity index (χ4v) is 3.52. The van der Waals surface area contributed by atoms with Crippen LogP contribution in [0.1, 0.15) is 28.4 Å². The van der Waals surface area contributed by atoms with Gasteiger partial charge in [-0.1, -0.05) is 11.6 Å². The summed E-state index contributed by atoms with van der Waals surface area (Å²) in [4.78, 5) is 22.9. The molecule has 0 bridgehead atoms. The smallest absolute Gasteiger partial charge is 0.416 e. The molecule has 3 aromatic carbocycles. The highest BCUT2D eigenvalue weighted by atomic mass is 35.5. The Hall–Kier alpha value is -4.52. The highest BCUT2D eigenvalue weighted by Crippen LogP contribution is 2.43. The van der Waals surface area contributed by atoms with E-state index in [1.807, 2.05) is 0 Å². The lowest BCUT2D eigenvalue weighted by Crippen LogP contribution is -2.17. The van der Waals surface area contributed by atoms with E-state index < -0.39 is 34.0 Å². The van der Waals surface area contributed by atoms with E-state index in [-0.39, 0.29) is 28.7 Å². The van der Waals surface area contributed by atoms with E-state index in [2.05, 4.69) is 10.5 Å². The number of benzene rings is 3. The maximum atomic E-state index is 13.0. The van der Waals surface area contributed by atoms with Crippen molar-refractivity contribution >= 4 is 29.4 Å². The first kappa shape index (κ1) is 29.0. The molecule has 0 spiro atoms. The quantitative estimate of drug-likeness (QED) is 0.175. The van der Waals surface area contributed by atoms with Crippen LogP contribution in [-0.4, -0.2) is 37.9 Å². The van der Waals surface area contributed by atoms with Crippen LogP contribution in [0, 0.1) is 10.1 Å². The molecule has 0 radical (unpaired) electrons. The van der Waals surface area contributed by atoms with Crippen molar-refractivity contribution in [3.63, 3.8) is 0 Å². The van der Waals surface area contributed by atoms with Crippen LogP contribution in [0.4, 0.5) is 18.9 Å². The molecule has 0 aromatic heterocycles. The lowest BCUT2D eigenvalue weighted by atomic mass is 10.1. The molecule has 0 saturated carbocycles. The second kappa shape index (κ2) is 12.3. The first-order chi connectivity index (χ1) is 18.5. The van der Waals surface area contributed by atoms with Gasteiger partial charge in [0.05, 0.1) is 42.6 Å². The Kier molecular flexibility index (Phi) is 9.20. The molecule has 0 atom stereocenters. The van der Waals surface area contributed by atoms with Crippen molar-refractivity contribution in [2.24, 2.45) is 5.10 Å². The van der Waals surface area contributed by atoms with Crippen LogP contribution in [0.25, 0.3) is 0 Å². The van der Waals surface area contributed by atoms with Crippen molar-refractivity contribution in [2.75, 3.05) is 20.8 Å². The molecule has 39 heavy (non-hydrogen) atoms. The van der Waals surface area contributed by atoms with E-state index in [9.17, 15) is 28.1 Å². The molecule has 0 fully saturated rings. The fraction of sp³-hybridized carbons (Fsp3) is 0.200. The number of hydrogen-bond donors (Lipinski definition) is 1. The molecule has 1 N–H and O–H groups in total. The number of carbonyl (C=O) groups is 1. The Morgan fingerprint density at radius 2 is 1.74 bits per heavy atom. The highest BCUT2D eigenvalue weighted by molar-refractivity contribution is 6.32. The lowest BCUT2D eigenvalue weighted by Gasteiger charge is -2.15. The predicted molar refractivity (Wildman–Crippen MR) is 135 cm³/mol. The average Bonchev–Trinajstić information content (AvgIpc) is 2.89. The highest BCUT2D eigenvalue weighted by Gasteiger charge is 2.33. The SMILES string of the molecule is CCOc1cc(/C=N/NC(=O)c2ccc(OC)c(OC)c2)cc(Cl)c1Oc1ccc(C(F)(F)F)cc1[N+](=O)[O-]. The minimum absolute atomic E-state index is 0.0341. The van der Waals surface area contributed by atoms with Crippen molar-refractivity contribution in [1.82, 2.24) is 5.43 Å². The summed E-state index contributed by atoms with van der Waals surface area (Å²) in [5.41, 5.74) is 0.834. The zero-order chi connectivity index (χ0) is 28.7. The third-order valence-corrected chi connectivity index (χ3v) is 5.33. The van der Waals surface area contributed by atoms with Gasteiger partial charge in [-0.25, -0.2) is 5.43 Å². The number of methoxy groups -OCH3 is 2. The van der Waals surface area contributed by atoms with E-state index in [4.69, 9.17) is 30.5 Å². The number of carbonyl (C=O) groups excluding carboxylic acids is 1. The Labute approximate surface area is 225 Å². The molecule has 10 nitrogen and oxygen atoms in total. The van der Waals surface area contributed by atoms with Gasteiger partial charge in [-0.15, -0.1) is 0 Å². The summed E-state index contributed by atoms with van der Waals surface area (Å²) >= 11 is 6.33. The number of ether oxygens (including phenoxy) is 4. The van der Waals surface area contributed by atoms with Crippen LogP contribution < -0.4 is 24.4 Å². The molecule has 0 aliphatic carbocycles. The summed E-state index contributed by atoms with van der Waals surface area (Å²) in [5, 5.41) is 15.2. The monoisotopic (exact) mass is 567 g/mol. The molecule has 14 heteroatoms. The zero-order valence-electron chi connectivity index (χ0n) is 20.7. The van der Waals surface area contributed by atoms with E-state index >= 15 is 0 Å². The molecule has 206 valence electrons. The van der Waals surface area contributed by atoms with Gasteiger partial charge in [0, 0.05) is 11.6 Å². The van der Waals surface area contributed by atoms with Gasteiger partial charge in [0.1, 0.15) is 0 Å². The molecule has 0 unspecified atom stereocenters. The Bertz CT molecular complexity index is 1410. The number of hydrogen-bond acceptors (Lipinski definition) is 8.